The lowest BCUT2D eigenvalue weighted by atomic mass is 9.85. The quantitative estimate of drug-likeness (QED) is 0.717. The molecule has 1 aliphatic heterocycles. The van der Waals surface area contributed by atoms with Gasteiger partial charge in [0.1, 0.15) is 5.75 Å². The first-order valence-electron chi connectivity index (χ1n) is 8.39. The maximum atomic E-state index is 6.34. The highest BCUT2D eigenvalue weighted by molar-refractivity contribution is 6.30. The van der Waals surface area contributed by atoms with Crippen molar-refractivity contribution in [1.29, 1.82) is 0 Å². The predicted molar refractivity (Wildman–Crippen MR) is 90.4 cm³/mol. The molecule has 2 atom stereocenters. The number of hydrogen-bond donors (Lipinski definition) is 1. The third-order valence-corrected chi connectivity index (χ3v) is 4.68. The third kappa shape index (κ3) is 3.92. The summed E-state index contributed by atoms with van der Waals surface area (Å²) in [6, 6.07) is 4.51. The molecule has 118 valence electrons. The summed E-state index contributed by atoms with van der Waals surface area (Å²) in [7, 11) is 0. The van der Waals surface area contributed by atoms with E-state index >= 15 is 0 Å². The average molecular weight is 310 g/mol. The van der Waals surface area contributed by atoms with E-state index in [9.17, 15) is 0 Å². The Labute approximate surface area is 134 Å². The first-order chi connectivity index (χ1) is 10.2. The van der Waals surface area contributed by atoms with Gasteiger partial charge in [0.05, 0.1) is 6.61 Å². The van der Waals surface area contributed by atoms with Gasteiger partial charge in [0.15, 0.2) is 0 Å². The first-order valence-corrected chi connectivity index (χ1v) is 8.77. The van der Waals surface area contributed by atoms with E-state index < -0.39 is 0 Å². The number of halogens is 1. The largest absolute Gasteiger partial charge is 0.493 e. The fraction of sp³-hybridized carbons (Fsp3) is 0.667. The Balaban J connectivity index is 2.33. The first kappa shape index (κ1) is 16.6. The van der Waals surface area contributed by atoms with Gasteiger partial charge >= 0.3 is 0 Å². The monoisotopic (exact) mass is 309 g/mol. The van der Waals surface area contributed by atoms with Crippen molar-refractivity contribution < 1.29 is 4.74 Å². The molecule has 2 rings (SSSR count). The number of nitrogens with one attached hydrogen (secondary N) is 1. The van der Waals surface area contributed by atoms with E-state index in [0.717, 1.165) is 30.3 Å². The minimum absolute atomic E-state index is 0.345. The van der Waals surface area contributed by atoms with Gasteiger partial charge in [0.25, 0.3) is 0 Å². The Morgan fingerprint density at radius 2 is 2.10 bits per heavy atom. The molecule has 1 aromatic carbocycles. The third-order valence-electron chi connectivity index (χ3n) is 4.46. The Hall–Kier alpha value is -0.730. The van der Waals surface area contributed by atoms with Crippen molar-refractivity contribution in [3.8, 4) is 5.75 Å². The summed E-state index contributed by atoms with van der Waals surface area (Å²) in [5.74, 6) is 1.72. The summed E-state index contributed by atoms with van der Waals surface area (Å²) < 4.78 is 5.91. The van der Waals surface area contributed by atoms with Gasteiger partial charge in [-0.25, -0.2) is 0 Å². The highest BCUT2D eigenvalue weighted by atomic mass is 35.5. The van der Waals surface area contributed by atoms with E-state index in [0.29, 0.717) is 12.0 Å². The minimum atomic E-state index is 0.345. The molecule has 1 aliphatic rings. The fourth-order valence-electron chi connectivity index (χ4n) is 3.35. The van der Waals surface area contributed by atoms with Crippen molar-refractivity contribution in [2.24, 2.45) is 5.92 Å². The smallest absolute Gasteiger partial charge is 0.127 e. The van der Waals surface area contributed by atoms with Crippen molar-refractivity contribution >= 4 is 11.6 Å². The molecule has 0 amide bonds. The summed E-state index contributed by atoms with van der Waals surface area (Å²) >= 11 is 6.34. The minimum Gasteiger partial charge on any atom is -0.493 e. The van der Waals surface area contributed by atoms with E-state index in [2.05, 4.69) is 38.2 Å². The van der Waals surface area contributed by atoms with Crippen molar-refractivity contribution in [2.75, 3.05) is 13.2 Å². The molecule has 0 saturated carbocycles. The molecule has 2 unspecified atom stereocenters. The van der Waals surface area contributed by atoms with E-state index in [1.54, 1.807) is 0 Å². The maximum absolute atomic E-state index is 6.34. The number of rotatable bonds is 8. The van der Waals surface area contributed by atoms with Crippen LogP contribution in [0.15, 0.2) is 12.1 Å². The van der Waals surface area contributed by atoms with Crippen LogP contribution in [0.3, 0.4) is 0 Å². The molecule has 1 aromatic rings. The molecule has 0 bridgehead atoms. The summed E-state index contributed by atoms with van der Waals surface area (Å²) in [5.41, 5.74) is 2.53. The van der Waals surface area contributed by atoms with Crippen LogP contribution in [0.5, 0.6) is 5.75 Å². The van der Waals surface area contributed by atoms with Crippen LogP contribution in [0.1, 0.15) is 63.6 Å². The van der Waals surface area contributed by atoms with E-state index in [4.69, 9.17) is 16.3 Å². The Bertz CT molecular complexity index is 461. The van der Waals surface area contributed by atoms with Crippen LogP contribution >= 0.6 is 11.6 Å². The van der Waals surface area contributed by atoms with Gasteiger partial charge in [-0.05, 0) is 36.6 Å². The van der Waals surface area contributed by atoms with E-state index in [-0.39, 0.29) is 0 Å². The van der Waals surface area contributed by atoms with Gasteiger partial charge in [-0.1, -0.05) is 51.6 Å². The van der Waals surface area contributed by atoms with E-state index in [1.807, 2.05) is 0 Å². The number of benzene rings is 1. The van der Waals surface area contributed by atoms with Crippen LogP contribution in [0, 0.1) is 5.92 Å². The Morgan fingerprint density at radius 1 is 1.29 bits per heavy atom. The highest BCUT2D eigenvalue weighted by Crippen LogP contribution is 2.40. The number of hydrogen-bond acceptors (Lipinski definition) is 2. The molecule has 2 nitrogen and oxygen atoms in total. The SMILES string of the molecule is CCCCC(CC)C(NCC)c1cc(Cl)cc2c1OCC2. The normalized spacial score (nSPS) is 16.4. The zero-order valence-corrected chi connectivity index (χ0v) is 14.3. The second-order valence-electron chi connectivity index (χ2n) is 5.93. The van der Waals surface area contributed by atoms with Crippen LogP contribution in [0.4, 0.5) is 0 Å². The van der Waals surface area contributed by atoms with Crippen molar-refractivity contribution in [2.45, 2.75) is 58.9 Å². The van der Waals surface area contributed by atoms with Crippen LogP contribution in [-0.2, 0) is 6.42 Å². The van der Waals surface area contributed by atoms with Gasteiger partial charge in [-0.2, -0.15) is 0 Å². The summed E-state index contributed by atoms with van der Waals surface area (Å²) in [6.07, 6.45) is 5.95. The molecule has 0 fully saturated rings. The second kappa shape index (κ2) is 8.05. The van der Waals surface area contributed by atoms with Crippen LogP contribution < -0.4 is 10.1 Å². The summed E-state index contributed by atoms with van der Waals surface area (Å²) in [6.45, 7) is 8.47. The van der Waals surface area contributed by atoms with Crippen molar-refractivity contribution in [1.82, 2.24) is 5.32 Å². The maximum Gasteiger partial charge on any atom is 0.127 e. The van der Waals surface area contributed by atoms with Gasteiger partial charge in [-0.3, -0.25) is 0 Å². The zero-order valence-electron chi connectivity index (χ0n) is 13.5. The Morgan fingerprint density at radius 3 is 2.76 bits per heavy atom. The molecule has 21 heavy (non-hydrogen) atoms. The fourth-order valence-corrected chi connectivity index (χ4v) is 3.60. The van der Waals surface area contributed by atoms with Gasteiger partial charge < -0.3 is 10.1 Å². The number of unbranched alkanes of at least 4 members (excludes halogenated alkanes) is 1. The lowest BCUT2D eigenvalue weighted by molar-refractivity contribution is 0.307. The van der Waals surface area contributed by atoms with Crippen LogP contribution in [-0.4, -0.2) is 13.2 Å². The molecule has 0 aliphatic carbocycles. The molecule has 0 saturated heterocycles. The second-order valence-corrected chi connectivity index (χ2v) is 6.36. The molecule has 1 heterocycles. The average Bonchev–Trinajstić information content (AvgIpc) is 2.94. The highest BCUT2D eigenvalue weighted by Gasteiger charge is 2.27. The lowest BCUT2D eigenvalue weighted by Crippen LogP contribution is -2.28. The number of fused-ring (bicyclic) bond motifs is 1. The topological polar surface area (TPSA) is 21.3 Å². The standard InChI is InChI=1S/C18H28ClNO/c1-4-7-8-13(5-2)17(20-6-3)16-12-15(19)11-14-9-10-21-18(14)16/h11-13,17,20H,4-10H2,1-3H3. The predicted octanol–water partition coefficient (Wildman–Crippen LogP) is 5.14. The molecule has 0 spiro atoms. The molecule has 0 radical (unpaired) electrons. The van der Waals surface area contributed by atoms with Gasteiger partial charge in [-0.15, -0.1) is 0 Å². The molecule has 3 heteroatoms. The van der Waals surface area contributed by atoms with E-state index in [1.165, 1.54) is 36.8 Å². The molecular formula is C18H28ClNO. The van der Waals surface area contributed by atoms with Crippen molar-refractivity contribution in [3.63, 3.8) is 0 Å². The van der Waals surface area contributed by atoms with Gasteiger partial charge in [0.2, 0.25) is 0 Å². The summed E-state index contributed by atoms with van der Waals surface area (Å²) in [5, 5.41) is 4.51. The Kier molecular flexibility index (Phi) is 6.38. The summed E-state index contributed by atoms with van der Waals surface area (Å²) in [4.78, 5) is 0. The molecule has 0 aromatic heterocycles. The molecular weight excluding hydrogens is 282 g/mol. The van der Waals surface area contributed by atoms with Crippen LogP contribution in [0.2, 0.25) is 5.02 Å². The lowest BCUT2D eigenvalue weighted by Gasteiger charge is -2.29. The van der Waals surface area contributed by atoms with Gasteiger partial charge in [0, 0.05) is 23.0 Å². The number of ether oxygens (including phenoxy) is 1. The van der Waals surface area contributed by atoms with Crippen LogP contribution in [0.25, 0.3) is 0 Å². The molecule has 1 N–H and O–H groups in total. The van der Waals surface area contributed by atoms with Crippen molar-refractivity contribution in [3.05, 3.63) is 28.3 Å². The zero-order chi connectivity index (χ0) is 15.2.